The second kappa shape index (κ2) is 10.00. The van der Waals surface area contributed by atoms with Crippen LogP contribution in [0.1, 0.15) is 46.0 Å². The van der Waals surface area contributed by atoms with E-state index in [1.165, 1.54) is 6.42 Å². The zero-order valence-corrected chi connectivity index (χ0v) is 16.2. The molecule has 0 radical (unpaired) electrons. The molecular weight excluding hydrogens is 316 g/mol. The minimum absolute atomic E-state index is 0.0167. The normalized spacial score (nSPS) is 22.3. The first-order chi connectivity index (χ1) is 12.0. The highest BCUT2D eigenvalue weighted by molar-refractivity contribution is 5.81. The SMILES string of the molecule is CNCCC1CCN(C(=O)C2CCCN(C(=O)NCC(C)C)C2)CC1. The van der Waals surface area contributed by atoms with Crippen LogP contribution in [0.15, 0.2) is 0 Å². The van der Waals surface area contributed by atoms with Crippen molar-refractivity contribution in [3.8, 4) is 0 Å². The monoisotopic (exact) mass is 352 g/mol. The molecule has 2 aliphatic heterocycles. The Morgan fingerprint density at radius 2 is 1.80 bits per heavy atom. The van der Waals surface area contributed by atoms with Crippen molar-refractivity contribution in [1.29, 1.82) is 0 Å². The molecule has 2 aliphatic rings. The number of likely N-dealkylation sites (tertiary alicyclic amines) is 2. The van der Waals surface area contributed by atoms with E-state index >= 15 is 0 Å². The van der Waals surface area contributed by atoms with Gasteiger partial charge in [-0.3, -0.25) is 4.79 Å². The number of hydrogen-bond acceptors (Lipinski definition) is 3. The van der Waals surface area contributed by atoms with E-state index in [2.05, 4.69) is 24.5 Å². The summed E-state index contributed by atoms with van der Waals surface area (Å²) >= 11 is 0. The Bertz CT molecular complexity index is 433. The first-order valence-electron chi connectivity index (χ1n) is 9.97. The number of hydrogen-bond donors (Lipinski definition) is 2. The summed E-state index contributed by atoms with van der Waals surface area (Å²) in [5.41, 5.74) is 0. The van der Waals surface area contributed by atoms with Gasteiger partial charge >= 0.3 is 6.03 Å². The lowest BCUT2D eigenvalue weighted by atomic mass is 9.91. The van der Waals surface area contributed by atoms with Crippen LogP contribution in [-0.4, -0.2) is 68.1 Å². The molecule has 25 heavy (non-hydrogen) atoms. The highest BCUT2D eigenvalue weighted by Crippen LogP contribution is 2.24. The van der Waals surface area contributed by atoms with E-state index in [0.717, 1.165) is 57.8 Å². The topological polar surface area (TPSA) is 64.7 Å². The van der Waals surface area contributed by atoms with E-state index in [0.29, 0.717) is 19.0 Å². The molecule has 0 spiro atoms. The quantitative estimate of drug-likeness (QED) is 0.767. The van der Waals surface area contributed by atoms with Crippen LogP contribution < -0.4 is 10.6 Å². The molecule has 0 aromatic carbocycles. The molecule has 0 saturated carbocycles. The summed E-state index contributed by atoms with van der Waals surface area (Å²) in [7, 11) is 1.99. The Kier molecular flexibility index (Phi) is 8.00. The molecule has 1 unspecified atom stereocenters. The molecule has 2 N–H and O–H groups in total. The van der Waals surface area contributed by atoms with Gasteiger partial charge in [-0.2, -0.15) is 0 Å². The third kappa shape index (κ3) is 6.17. The lowest BCUT2D eigenvalue weighted by molar-refractivity contribution is -0.138. The van der Waals surface area contributed by atoms with Crippen molar-refractivity contribution in [3.63, 3.8) is 0 Å². The molecule has 2 saturated heterocycles. The van der Waals surface area contributed by atoms with Crippen LogP contribution in [0.25, 0.3) is 0 Å². The van der Waals surface area contributed by atoms with Gasteiger partial charge in [0.05, 0.1) is 5.92 Å². The van der Waals surface area contributed by atoms with E-state index < -0.39 is 0 Å². The number of carbonyl (C=O) groups is 2. The number of amides is 3. The van der Waals surface area contributed by atoms with Gasteiger partial charge in [0, 0.05) is 32.7 Å². The lowest BCUT2D eigenvalue weighted by Gasteiger charge is -2.38. The van der Waals surface area contributed by atoms with Crippen molar-refractivity contribution in [3.05, 3.63) is 0 Å². The fourth-order valence-electron chi connectivity index (χ4n) is 3.82. The van der Waals surface area contributed by atoms with Gasteiger partial charge in [0.1, 0.15) is 0 Å². The third-order valence-electron chi connectivity index (χ3n) is 5.45. The summed E-state index contributed by atoms with van der Waals surface area (Å²) < 4.78 is 0. The number of nitrogens with zero attached hydrogens (tertiary/aromatic N) is 2. The summed E-state index contributed by atoms with van der Waals surface area (Å²) in [4.78, 5) is 29.0. The third-order valence-corrected chi connectivity index (χ3v) is 5.45. The van der Waals surface area contributed by atoms with Gasteiger partial charge in [-0.1, -0.05) is 13.8 Å². The van der Waals surface area contributed by atoms with Crippen molar-refractivity contribution in [2.45, 2.75) is 46.0 Å². The standard InChI is InChI=1S/C19H36N4O2/c1-15(2)13-21-19(25)23-10-4-5-17(14-23)18(24)22-11-7-16(8-12-22)6-9-20-3/h15-17,20H,4-14H2,1-3H3,(H,21,25). The second-order valence-electron chi connectivity index (χ2n) is 8.03. The average molecular weight is 353 g/mol. The summed E-state index contributed by atoms with van der Waals surface area (Å²) in [6, 6.07) is -0.0167. The minimum atomic E-state index is -0.0209. The Balaban J connectivity index is 1.78. The second-order valence-corrected chi connectivity index (χ2v) is 8.03. The van der Waals surface area contributed by atoms with Gasteiger partial charge in [0.15, 0.2) is 0 Å². The number of rotatable bonds is 6. The van der Waals surface area contributed by atoms with Crippen molar-refractivity contribution >= 4 is 11.9 Å². The van der Waals surface area contributed by atoms with Crippen LogP contribution in [0.2, 0.25) is 0 Å². The largest absolute Gasteiger partial charge is 0.342 e. The fourth-order valence-corrected chi connectivity index (χ4v) is 3.82. The zero-order chi connectivity index (χ0) is 18.2. The number of carbonyl (C=O) groups excluding carboxylic acids is 2. The van der Waals surface area contributed by atoms with Gasteiger partial charge in [-0.15, -0.1) is 0 Å². The van der Waals surface area contributed by atoms with Crippen LogP contribution in [0.4, 0.5) is 4.79 Å². The summed E-state index contributed by atoms with van der Waals surface area (Å²) in [6.45, 7) is 9.01. The van der Waals surface area contributed by atoms with Gasteiger partial charge in [0.25, 0.3) is 0 Å². The van der Waals surface area contributed by atoms with E-state index in [1.807, 2.05) is 16.8 Å². The van der Waals surface area contributed by atoms with E-state index in [9.17, 15) is 9.59 Å². The maximum atomic E-state index is 12.9. The molecule has 144 valence electrons. The number of piperidine rings is 2. The molecule has 2 fully saturated rings. The fraction of sp³-hybridized carbons (Fsp3) is 0.895. The first-order valence-corrected chi connectivity index (χ1v) is 9.97. The van der Waals surface area contributed by atoms with E-state index in [1.54, 1.807) is 0 Å². The number of urea groups is 1. The maximum absolute atomic E-state index is 12.9. The minimum Gasteiger partial charge on any atom is -0.342 e. The van der Waals surface area contributed by atoms with Crippen molar-refractivity contribution < 1.29 is 9.59 Å². The first kappa shape index (κ1) is 20.0. The molecule has 2 heterocycles. The molecule has 0 bridgehead atoms. The van der Waals surface area contributed by atoms with E-state index in [-0.39, 0.29) is 17.9 Å². The van der Waals surface area contributed by atoms with Crippen LogP contribution in [0, 0.1) is 17.8 Å². The molecule has 2 rings (SSSR count). The molecule has 0 aromatic rings. The Morgan fingerprint density at radius 1 is 1.08 bits per heavy atom. The molecule has 0 aromatic heterocycles. The van der Waals surface area contributed by atoms with Crippen molar-refractivity contribution in [2.24, 2.45) is 17.8 Å². The molecule has 6 nitrogen and oxygen atoms in total. The van der Waals surface area contributed by atoms with Crippen molar-refractivity contribution in [1.82, 2.24) is 20.4 Å². The zero-order valence-electron chi connectivity index (χ0n) is 16.2. The summed E-state index contributed by atoms with van der Waals surface area (Å²) in [6.07, 6.45) is 5.25. The highest BCUT2D eigenvalue weighted by atomic mass is 16.2. The predicted octanol–water partition coefficient (Wildman–Crippen LogP) is 1.91. The lowest BCUT2D eigenvalue weighted by Crippen LogP contribution is -2.51. The average Bonchev–Trinajstić information content (AvgIpc) is 2.64. The van der Waals surface area contributed by atoms with Gasteiger partial charge < -0.3 is 20.4 Å². The Labute approximate surface area is 152 Å². The van der Waals surface area contributed by atoms with Crippen LogP contribution in [-0.2, 0) is 4.79 Å². The van der Waals surface area contributed by atoms with Gasteiger partial charge in [-0.25, -0.2) is 4.79 Å². The van der Waals surface area contributed by atoms with Crippen LogP contribution >= 0.6 is 0 Å². The highest BCUT2D eigenvalue weighted by Gasteiger charge is 2.32. The van der Waals surface area contributed by atoms with Gasteiger partial charge in [-0.05, 0) is 57.5 Å². The molecule has 6 heteroatoms. The number of nitrogens with one attached hydrogen (secondary N) is 2. The maximum Gasteiger partial charge on any atom is 0.317 e. The van der Waals surface area contributed by atoms with Crippen molar-refractivity contribution in [2.75, 3.05) is 46.3 Å². The van der Waals surface area contributed by atoms with Crippen LogP contribution in [0.3, 0.4) is 0 Å². The van der Waals surface area contributed by atoms with Crippen LogP contribution in [0.5, 0.6) is 0 Å². The predicted molar refractivity (Wildman–Crippen MR) is 100 cm³/mol. The molecule has 0 aliphatic carbocycles. The smallest absolute Gasteiger partial charge is 0.317 e. The molecule has 3 amide bonds. The Hall–Kier alpha value is -1.30. The molecular formula is C19H36N4O2. The summed E-state index contributed by atoms with van der Waals surface area (Å²) in [5.74, 6) is 1.41. The van der Waals surface area contributed by atoms with E-state index in [4.69, 9.17) is 0 Å². The van der Waals surface area contributed by atoms with Gasteiger partial charge in [0.2, 0.25) is 5.91 Å². The Morgan fingerprint density at radius 3 is 2.44 bits per heavy atom. The summed E-state index contributed by atoms with van der Waals surface area (Å²) in [5, 5.41) is 6.18. The molecule has 1 atom stereocenters.